The van der Waals surface area contributed by atoms with Crippen molar-refractivity contribution in [1.29, 1.82) is 0 Å². The van der Waals surface area contributed by atoms with Crippen molar-refractivity contribution in [2.45, 2.75) is 39.2 Å². The van der Waals surface area contributed by atoms with Gasteiger partial charge in [-0.2, -0.15) is 0 Å². The van der Waals surface area contributed by atoms with Crippen LogP contribution in [-0.2, 0) is 11.3 Å². The number of allylic oxidation sites excluding steroid dienone is 2. The van der Waals surface area contributed by atoms with E-state index in [1.807, 2.05) is 19.9 Å². The first kappa shape index (κ1) is 17.1. The van der Waals surface area contributed by atoms with E-state index in [0.717, 1.165) is 23.9 Å². The number of carbonyl (C=O) groups excluding carboxylic acids is 1. The smallest absolute Gasteiger partial charge is 0.150 e. The molecule has 1 rings (SSSR count). The lowest BCUT2D eigenvalue weighted by Crippen LogP contribution is -2.11. The quantitative estimate of drug-likeness (QED) is 0.330. The first-order chi connectivity index (χ1) is 9.97. The number of rotatable bonds is 8. The third kappa shape index (κ3) is 5.53. The number of hydrogen-bond acceptors (Lipinski definition) is 4. The molecule has 0 aromatic heterocycles. The minimum Gasteiger partial charge on any atom is -0.508 e. The lowest BCUT2D eigenvalue weighted by atomic mass is 10.0. The molecule has 114 valence electrons. The zero-order valence-corrected chi connectivity index (χ0v) is 12.5. The van der Waals surface area contributed by atoms with Crippen molar-refractivity contribution in [3.63, 3.8) is 0 Å². The van der Waals surface area contributed by atoms with Crippen LogP contribution in [0.1, 0.15) is 42.6 Å². The van der Waals surface area contributed by atoms with Crippen LogP contribution in [0, 0.1) is 0 Å². The average Bonchev–Trinajstić information content (AvgIpc) is 2.46. The highest BCUT2D eigenvalue weighted by Gasteiger charge is 2.09. The molecule has 1 aromatic rings. The lowest BCUT2D eigenvalue weighted by molar-refractivity contribution is -0.269. The molecule has 0 bridgehead atoms. The fourth-order valence-electron chi connectivity index (χ4n) is 1.98. The number of aromatic hydroxyl groups is 1. The van der Waals surface area contributed by atoms with Gasteiger partial charge in [0, 0.05) is 5.56 Å². The van der Waals surface area contributed by atoms with Crippen LogP contribution in [-0.4, -0.2) is 22.8 Å². The number of hydrogen-bond donors (Lipinski definition) is 2. The molecule has 1 aromatic carbocycles. The van der Waals surface area contributed by atoms with E-state index in [9.17, 15) is 9.90 Å². The van der Waals surface area contributed by atoms with Crippen LogP contribution in [0.4, 0.5) is 0 Å². The van der Waals surface area contributed by atoms with Crippen molar-refractivity contribution in [3.8, 4) is 5.75 Å². The normalized spacial score (nSPS) is 13.0. The molecule has 0 aliphatic carbocycles. The topological polar surface area (TPSA) is 66.8 Å². The predicted octanol–water partition coefficient (Wildman–Crippen LogP) is 3.91. The molecular formula is C17H22O4. The van der Waals surface area contributed by atoms with Crippen LogP contribution in [0.25, 0.3) is 0 Å². The van der Waals surface area contributed by atoms with E-state index in [2.05, 4.69) is 11.5 Å². The van der Waals surface area contributed by atoms with Gasteiger partial charge in [0.15, 0.2) is 0 Å². The highest BCUT2D eigenvalue weighted by molar-refractivity contribution is 5.75. The molecule has 0 saturated heterocycles. The van der Waals surface area contributed by atoms with Gasteiger partial charge in [-0.1, -0.05) is 18.2 Å². The van der Waals surface area contributed by atoms with Crippen molar-refractivity contribution in [3.05, 3.63) is 53.1 Å². The maximum atomic E-state index is 10.7. The third-order valence-corrected chi connectivity index (χ3v) is 3.39. The van der Waals surface area contributed by atoms with E-state index in [1.165, 1.54) is 6.07 Å². The molecule has 0 aliphatic heterocycles. The van der Waals surface area contributed by atoms with Crippen LogP contribution in [0.3, 0.4) is 0 Å². The molecule has 4 nitrogen and oxygen atoms in total. The SMILES string of the molecule is C=C(C)C(CCC(C)=CCc1cc(C=O)ccc1O)OO. The Morgan fingerprint density at radius 1 is 1.43 bits per heavy atom. The van der Waals surface area contributed by atoms with E-state index in [1.54, 1.807) is 12.1 Å². The van der Waals surface area contributed by atoms with Gasteiger partial charge in [0.25, 0.3) is 0 Å². The number of phenols is 1. The summed E-state index contributed by atoms with van der Waals surface area (Å²) in [6.07, 6.45) is 4.35. The minimum atomic E-state index is -0.361. The Labute approximate surface area is 125 Å². The Balaban J connectivity index is 2.63. The molecule has 0 heterocycles. The van der Waals surface area contributed by atoms with E-state index in [4.69, 9.17) is 5.26 Å². The van der Waals surface area contributed by atoms with Gasteiger partial charge in [-0.25, -0.2) is 4.89 Å². The summed E-state index contributed by atoms with van der Waals surface area (Å²) in [7, 11) is 0. The summed E-state index contributed by atoms with van der Waals surface area (Å²) >= 11 is 0. The molecule has 0 saturated carbocycles. The van der Waals surface area contributed by atoms with Gasteiger partial charge in [0.2, 0.25) is 0 Å². The van der Waals surface area contributed by atoms with E-state index >= 15 is 0 Å². The van der Waals surface area contributed by atoms with Crippen LogP contribution in [0.15, 0.2) is 42.0 Å². The Morgan fingerprint density at radius 2 is 2.14 bits per heavy atom. The summed E-state index contributed by atoms with van der Waals surface area (Å²) in [5, 5.41) is 18.5. The zero-order valence-electron chi connectivity index (χ0n) is 12.5. The molecule has 2 N–H and O–H groups in total. The van der Waals surface area contributed by atoms with E-state index in [-0.39, 0.29) is 11.9 Å². The van der Waals surface area contributed by atoms with Gasteiger partial charge >= 0.3 is 0 Å². The average molecular weight is 290 g/mol. The highest BCUT2D eigenvalue weighted by atomic mass is 17.1. The second-order valence-corrected chi connectivity index (χ2v) is 5.24. The number of benzene rings is 1. The molecule has 1 unspecified atom stereocenters. The number of carbonyl (C=O) groups is 1. The van der Waals surface area contributed by atoms with Crippen LogP contribution < -0.4 is 0 Å². The molecule has 21 heavy (non-hydrogen) atoms. The summed E-state index contributed by atoms with van der Waals surface area (Å²) in [5.41, 5.74) is 3.16. The van der Waals surface area contributed by atoms with Gasteiger partial charge < -0.3 is 5.11 Å². The Kier molecular flexibility index (Phi) is 6.85. The Hall–Kier alpha value is -1.91. The van der Waals surface area contributed by atoms with E-state index < -0.39 is 0 Å². The third-order valence-electron chi connectivity index (χ3n) is 3.39. The van der Waals surface area contributed by atoms with Crippen molar-refractivity contribution in [1.82, 2.24) is 0 Å². The molecule has 0 fully saturated rings. The van der Waals surface area contributed by atoms with Crippen molar-refractivity contribution in [2.24, 2.45) is 0 Å². The summed E-state index contributed by atoms with van der Waals surface area (Å²) in [6.45, 7) is 7.55. The summed E-state index contributed by atoms with van der Waals surface area (Å²) in [6, 6.07) is 4.79. The Bertz CT molecular complexity index is 532. The summed E-state index contributed by atoms with van der Waals surface area (Å²) in [5.74, 6) is 0.183. The molecule has 0 amide bonds. The molecule has 0 spiro atoms. The molecule has 4 heteroatoms. The largest absolute Gasteiger partial charge is 0.508 e. The van der Waals surface area contributed by atoms with Crippen molar-refractivity contribution < 1.29 is 20.0 Å². The molecule has 1 atom stereocenters. The standard InChI is InChI=1S/C17H22O4/c1-12(2)17(21-20)9-5-13(3)4-7-15-10-14(11-18)6-8-16(15)19/h4,6,8,10-11,17,19-20H,1,5,7,9H2,2-3H3. The van der Waals surface area contributed by atoms with E-state index in [0.29, 0.717) is 24.0 Å². The maximum absolute atomic E-state index is 10.7. The summed E-state index contributed by atoms with van der Waals surface area (Å²) < 4.78 is 0. The number of aldehydes is 1. The van der Waals surface area contributed by atoms with Crippen LogP contribution in [0.5, 0.6) is 5.75 Å². The second-order valence-electron chi connectivity index (χ2n) is 5.24. The highest BCUT2D eigenvalue weighted by Crippen LogP contribution is 2.20. The first-order valence-corrected chi connectivity index (χ1v) is 6.86. The monoisotopic (exact) mass is 290 g/mol. The second kappa shape index (κ2) is 8.39. The van der Waals surface area contributed by atoms with Gasteiger partial charge in [0.05, 0.1) is 0 Å². The van der Waals surface area contributed by atoms with Gasteiger partial charge in [-0.15, -0.1) is 0 Å². The van der Waals surface area contributed by atoms with Crippen LogP contribution in [0.2, 0.25) is 0 Å². The minimum absolute atomic E-state index is 0.183. The zero-order chi connectivity index (χ0) is 15.8. The number of phenolic OH excluding ortho intramolecular Hbond substituents is 1. The van der Waals surface area contributed by atoms with Crippen molar-refractivity contribution >= 4 is 6.29 Å². The van der Waals surface area contributed by atoms with Gasteiger partial charge in [-0.3, -0.25) is 10.1 Å². The van der Waals surface area contributed by atoms with Gasteiger partial charge in [-0.05, 0) is 62.4 Å². The predicted molar refractivity (Wildman–Crippen MR) is 82.5 cm³/mol. The molecule has 0 radical (unpaired) electrons. The fourth-order valence-corrected chi connectivity index (χ4v) is 1.98. The summed E-state index contributed by atoms with van der Waals surface area (Å²) in [4.78, 5) is 15.1. The van der Waals surface area contributed by atoms with Crippen LogP contribution >= 0.6 is 0 Å². The Morgan fingerprint density at radius 3 is 2.71 bits per heavy atom. The van der Waals surface area contributed by atoms with Crippen molar-refractivity contribution in [2.75, 3.05) is 0 Å². The fraction of sp³-hybridized carbons (Fsp3) is 0.353. The first-order valence-electron chi connectivity index (χ1n) is 6.86. The maximum Gasteiger partial charge on any atom is 0.150 e. The van der Waals surface area contributed by atoms with Gasteiger partial charge in [0.1, 0.15) is 18.1 Å². The molecule has 0 aliphatic rings. The lowest BCUT2D eigenvalue weighted by Gasteiger charge is -2.13. The molecular weight excluding hydrogens is 268 g/mol.